The van der Waals surface area contributed by atoms with Crippen LogP contribution < -0.4 is 5.32 Å². The number of halogens is 1. The average Bonchev–Trinajstić information content (AvgIpc) is 2.47. The quantitative estimate of drug-likeness (QED) is 0.637. The fourth-order valence-electron chi connectivity index (χ4n) is 2.31. The number of pyridine rings is 1. The Labute approximate surface area is 122 Å². The highest BCUT2D eigenvalue weighted by Gasteiger charge is 2.20. The molecule has 0 bridgehead atoms. The van der Waals surface area contributed by atoms with E-state index in [0.717, 1.165) is 25.3 Å². The number of hydrogen-bond acceptors (Lipinski definition) is 4. The van der Waals surface area contributed by atoms with Gasteiger partial charge in [0.05, 0.1) is 22.1 Å². The van der Waals surface area contributed by atoms with Crippen LogP contribution in [0, 0.1) is 15.9 Å². The highest BCUT2D eigenvalue weighted by Crippen LogP contribution is 2.33. The van der Waals surface area contributed by atoms with E-state index in [4.69, 9.17) is 0 Å². The molecule has 1 unspecified atom stereocenters. The molecule has 0 fully saturated rings. The number of benzene rings is 1. The molecule has 1 atom stereocenters. The molecular formula is C15H18FN3O2. The smallest absolute Gasteiger partial charge is 0.281 e. The molecule has 0 aliphatic carbocycles. The minimum atomic E-state index is -0.642. The second-order valence-electron chi connectivity index (χ2n) is 5.10. The topological polar surface area (TPSA) is 68.1 Å². The van der Waals surface area contributed by atoms with Crippen molar-refractivity contribution in [2.75, 3.05) is 5.32 Å². The molecular weight excluding hydrogens is 273 g/mol. The third-order valence-corrected chi connectivity index (χ3v) is 3.40. The lowest BCUT2D eigenvalue weighted by atomic mass is 10.1. The van der Waals surface area contributed by atoms with Crippen LogP contribution in [0.25, 0.3) is 10.9 Å². The molecule has 2 rings (SSSR count). The number of nitro benzene ring substituents is 1. The Kier molecular flexibility index (Phi) is 4.67. The molecule has 5 nitrogen and oxygen atoms in total. The van der Waals surface area contributed by atoms with Crippen LogP contribution in [-0.4, -0.2) is 15.9 Å². The molecule has 0 radical (unpaired) electrons. The Balaban J connectivity index is 2.47. The van der Waals surface area contributed by atoms with Crippen molar-refractivity contribution in [3.8, 4) is 0 Å². The molecule has 112 valence electrons. The fourth-order valence-corrected chi connectivity index (χ4v) is 2.31. The minimum Gasteiger partial charge on any atom is -0.378 e. The van der Waals surface area contributed by atoms with Gasteiger partial charge in [-0.05, 0) is 25.5 Å². The zero-order chi connectivity index (χ0) is 15.4. The maximum atomic E-state index is 14.2. The highest BCUT2D eigenvalue weighted by atomic mass is 19.1. The predicted octanol–water partition coefficient (Wildman–Crippen LogP) is 4.27. The second-order valence-corrected chi connectivity index (χ2v) is 5.10. The van der Waals surface area contributed by atoms with Crippen molar-refractivity contribution in [3.05, 3.63) is 40.3 Å². The van der Waals surface area contributed by atoms with E-state index in [0.29, 0.717) is 10.9 Å². The number of rotatable bonds is 6. The number of fused-ring (bicyclic) bond motifs is 1. The highest BCUT2D eigenvalue weighted by molar-refractivity contribution is 5.97. The maximum absolute atomic E-state index is 14.2. The number of anilines is 1. The summed E-state index contributed by atoms with van der Waals surface area (Å²) in [4.78, 5) is 14.6. The van der Waals surface area contributed by atoms with Crippen LogP contribution in [0.15, 0.2) is 24.4 Å². The molecule has 1 N–H and O–H groups in total. The number of aromatic nitrogens is 1. The Morgan fingerprint density at radius 2 is 2.29 bits per heavy atom. The number of non-ortho nitro benzene ring substituents is 1. The normalized spacial score (nSPS) is 12.3. The molecule has 1 aromatic heterocycles. The summed E-state index contributed by atoms with van der Waals surface area (Å²) in [6.45, 7) is 4.06. The zero-order valence-corrected chi connectivity index (χ0v) is 12.1. The first kappa shape index (κ1) is 15.2. The van der Waals surface area contributed by atoms with Crippen molar-refractivity contribution in [1.29, 1.82) is 0 Å². The minimum absolute atomic E-state index is 0.0751. The molecule has 0 spiro atoms. The molecule has 0 saturated carbocycles. The Bertz CT molecular complexity index is 661. The summed E-state index contributed by atoms with van der Waals surface area (Å²) in [5.74, 6) is -0.642. The van der Waals surface area contributed by atoms with Gasteiger partial charge in [-0.15, -0.1) is 0 Å². The summed E-state index contributed by atoms with van der Waals surface area (Å²) in [6, 6.07) is 4.23. The first-order valence-corrected chi connectivity index (χ1v) is 7.02. The van der Waals surface area contributed by atoms with Crippen molar-refractivity contribution >= 4 is 22.3 Å². The van der Waals surface area contributed by atoms with Gasteiger partial charge in [0.1, 0.15) is 5.52 Å². The van der Waals surface area contributed by atoms with E-state index in [1.54, 1.807) is 12.1 Å². The van der Waals surface area contributed by atoms with Crippen LogP contribution in [0.1, 0.15) is 33.1 Å². The van der Waals surface area contributed by atoms with Crippen molar-refractivity contribution in [2.45, 2.75) is 39.2 Å². The summed E-state index contributed by atoms with van der Waals surface area (Å²) >= 11 is 0. The van der Waals surface area contributed by atoms with E-state index in [1.165, 1.54) is 6.20 Å². The molecule has 21 heavy (non-hydrogen) atoms. The van der Waals surface area contributed by atoms with Gasteiger partial charge in [0, 0.05) is 12.2 Å². The van der Waals surface area contributed by atoms with Crippen LogP contribution >= 0.6 is 0 Å². The summed E-state index contributed by atoms with van der Waals surface area (Å²) in [6.07, 6.45) is 4.51. The van der Waals surface area contributed by atoms with Crippen LogP contribution in [0.4, 0.5) is 15.8 Å². The number of nitrogens with zero attached hydrogens (tertiary/aromatic N) is 2. The van der Waals surface area contributed by atoms with E-state index in [9.17, 15) is 14.5 Å². The standard InChI is InChI=1S/C15H18FN3O2/c1-3-4-6-10(2)18-15-12(16)9-13(19(20)21)11-7-5-8-17-14(11)15/h5,7-10,18H,3-4,6H2,1-2H3. The van der Waals surface area contributed by atoms with E-state index in [-0.39, 0.29) is 17.4 Å². The summed E-state index contributed by atoms with van der Waals surface area (Å²) < 4.78 is 14.2. The number of nitrogens with one attached hydrogen (secondary N) is 1. The van der Waals surface area contributed by atoms with Gasteiger partial charge < -0.3 is 5.32 Å². The Morgan fingerprint density at radius 1 is 1.52 bits per heavy atom. The van der Waals surface area contributed by atoms with Gasteiger partial charge in [0.25, 0.3) is 5.69 Å². The summed E-state index contributed by atoms with van der Waals surface area (Å²) in [5, 5.41) is 14.5. The van der Waals surface area contributed by atoms with Crippen LogP contribution in [0.2, 0.25) is 0 Å². The zero-order valence-electron chi connectivity index (χ0n) is 12.1. The molecule has 0 amide bonds. The van der Waals surface area contributed by atoms with Crippen molar-refractivity contribution in [2.24, 2.45) is 0 Å². The van der Waals surface area contributed by atoms with E-state index >= 15 is 0 Å². The van der Waals surface area contributed by atoms with Gasteiger partial charge in [-0.2, -0.15) is 0 Å². The van der Waals surface area contributed by atoms with Gasteiger partial charge in [-0.3, -0.25) is 15.1 Å². The molecule has 0 saturated heterocycles. The third-order valence-electron chi connectivity index (χ3n) is 3.40. The lowest BCUT2D eigenvalue weighted by Gasteiger charge is -2.16. The maximum Gasteiger partial charge on any atom is 0.281 e. The van der Waals surface area contributed by atoms with Gasteiger partial charge in [0.2, 0.25) is 0 Å². The monoisotopic (exact) mass is 291 g/mol. The molecule has 0 aliphatic heterocycles. The van der Waals surface area contributed by atoms with Gasteiger partial charge >= 0.3 is 0 Å². The average molecular weight is 291 g/mol. The summed E-state index contributed by atoms with van der Waals surface area (Å²) in [7, 11) is 0. The first-order valence-electron chi connectivity index (χ1n) is 7.02. The fraction of sp³-hybridized carbons (Fsp3) is 0.400. The summed E-state index contributed by atoms with van der Waals surface area (Å²) in [5.41, 5.74) is 0.273. The van der Waals surface area contributed by atoms with Crippen molar-refractivity contribution in [3.63, 3.8) is 0 Å². The molecule has 6 heteroatoms. The van der Waals surface area contributed by atoms with E-state index in [2.05, 4.69) is 17.2 Å². The predicted molar refractivity (Wildman–Crippen MR) is 81.0 cm³/mol. The first-order chi connectivity index (χ1) is 10.0. The van der Waals surface area contributed by atoms with Crippen molar-refractivity contribution in [1.82, 2.24) is 4.98 Å². The van der Waals surface area contributed by atoms with E-state index in [1.807, 2.05) is 6.92 Å². The Hall–Kier alpha value is -2.24. The van der Waals surface area contributed by atoms with Gasteiger partial charge in [0.15, 0.2) is 5.82 Å². The largest absolute Gasteiger partial charge is 0.378 e. The third kappa shape index (κ3) is 3.26. The number of hydrogen-bond donors (Lipinski definition) is 1. The Morgan fingerprint density at radius 3 is 2.95 bits per heavy atom. The molecule has 1 aromatic carbocycles. The SMILES string of the molecule is CCCCC(C)Nc1c(F)cc([N+](=O)[O-])c2cccnc12. The van der Waals surface area contributed by atoms with E-state index < -0.39 is 10.7 Å². The van der Waals surface area contributed by atoms with Crippen LogP contribution in [-0.2, 0) is 0 Å². The number of unbranched alkanes of at least 4 members (excludes halogenated alkanes) is 1. The molecule has 1 heterocycles. The lowest BCUT2D eigenvalue weighted by Crippen LogP contribution is -2.16. The second kappa shape index (κ2) is 6.47. The van der Waals surface area contributed by atoms with Gasteiger partial charge in [-0.1, -0.05) is 19.8 Å². The van der Waals surface area contributed by atoms with Crippen LogP contribution in [0.5, 0.6) is 0 Å². The molecule has 0 aliphatic rings. The van der Waals surface area contributed by atoms with Gasteiger partial charge in [-0.25, -0.2) is 4.39 Å². The number of nitro groups is 1. The lowest BCUT2D eigenvalue weighted by molar-refractivity contribution is -0.383. The van der Waals surface area contributed by atoms with Crippen LogP contribution in [0.3, 0.4) is 0 Å². The molecule has 2 aromatic rings. The van der Waals surface area contributed by atoms with Crippen molar-refractivity contribution < 1.29 is 9.31 Å².